The number of nitrogens with zero attached hydrogens (tertiary/aromatic N) is 4. The standard InChI is InChI=1S/C23H25FN4O4S2/c1-2-27(18-12-13-34(30,31)16-18)22(29)15-33-23-26-25-21(28(23)17-8-4-3-5-9-17)14-32-20-11-7-6-10-19(20)24/h3-11,18H,2,12-16H2,1H3/t18-/m1/s1. The van der Waals surface area contributed by atoms with Gasteiger partial charge in [-0.2, -0.15) is 0 Å². The molecular formula is C23H25FN4O4S2. The minimum absolute atomic E-state index is 0.00891. The van der Waals surface area contributed by atoms with E-state index in [2.05, 4.69) is 10.2 Å². The van der Waals surface area contributed by atoms with Gasteiger partial charge in [0.15, 0.2) is 32.4 Å². The maximum Gasteiger partial charge on any atom is 0.233 e. The van der Waals surface area contributed by atoms with Crippen LogP contribution in [0.25, 0.3) is 5.69 Å². The Kier molecular flexibility index (Phi) is 7.52. The number of carbonyl (C=O) groups excluding carboxylic acids is 1. The lowest BCUT2D eigenvalue weighted by Gasteiger charge is -2.26. The zero-order valence-electron chi connectivity index (χ0n) is 18.6. The van der Waals surface area contributed by atoms with Crippen molar-refractivity contribution in [1.82, 2.24) is 19.7 Å². The van der Waals surface area contributed by atoms with Crippen molar-refractivity contribution < 1.29 is 22.3 Å². The number of hydrogen-bond acceptors (Lipinski definition) is 7. The fourth-order valence-corrected chi connectivity index (χ4v) is 6.48. The van der Waals surface area contributed by atoms with Crippen LogP contribution in [0, 0.1) is 5.82 Å². The molecule has 0 unspecified atom stereocenters. The van der Waals surface area contributed by atoms with Gasteiger partial charge in [0.05, 0.1) is 17.3 Å². The quantitative estimate of drug-likeness (QED) is 0.413. The lowest BCUT2D eigenvalue weighted by atomic mass is 10.2. The minimum atomic E-state index is -3.09. The second-order valence-electron chi connectivity index (χ2n) is 7.81. The zero-order chi connectivity index (χ0) is 24.1. The van der Waals surface area contributed by atoms with Crippen LogP contribution in [0.5, 0.6) is 5.75 Å². The number of thioether (sulfide) groups is 1. The fourth-order valence-electron chi connectivity index (χ4n) is 3.90. The second kappa shape index (κ2) is 10.6. The molecule has 1 saturated heterocycles. The van der Waals surface area contributed by atoms with Crippen molar-refractivity contribution >= 4 is 27.5 Å². The molecule has 0 radical (unpaired) electrons. The molecule has 1 amide bonds. The van der Waals surface area contributed by atoms with E-state index in [4.69, 9.17) is 4.74 Å². The molecule has 2 heterocycles. The minimum Gasteiger partial charge on any atom is -0.483 e. The molecule has 8 nitrogen and oxygen atoms in total. The van der Waals surface area contributed by atoms with Gasteiger partial charge < -0.3 is 9.64 Å². The fraction of sp³-hybridized carbons (Fsp3) is 0.348. The first-order valence-corrected chi connectivity index (χ1v) is 13.7. The van der Waals surface area contributed by atoms with E-state index in [1.165, 1.54) is 23.9 Å². The molecule has 1 aliphatic rings. The third kappa shape index (κ3) is 5.58. The Hall–Kier alpha value is -2.92. The molecule has 34 heavy (non-hydrogen) atoms. The van der Waals surface area contributed by atoms with Gasteiger partial charge in [0.1, 0.15) is 6.61 Å². The number of rotatable bonds is 9. The first-order chi connectivity index (χ1) is 16.4. The third-order valence-corrected chi connectivity index (χ3v) is 8.21. The number of ether oxygens (including phenoxy) is 1. The number of amides is 1. The maximum absolute atomic E-state index is 14.0. The van der Waals surface area contributed by atoms with Crippen molar-refractivity contribution in [3.05, 3.63) is 66.2 Å². The van der Waals surface area contributed by atoms with E-state index in [9.17, 15) is 17.6 Å². The monoisotopic (exact) mass is 504 g/mol. The van der Waals surface area contributed by atoms with E-state index in [-0.39, 0.29) is 41.6 Å². The van der Waals surface area contributed by atoms with Crippen LogP contribution in [-0.2, 0) is 21.2 Å². The molecule has 0 aliphatic carbocycles. The lowest BCUT2D eigenvalue weighted by molar-refractivity contribution is -0.129. The van der Waals surface area contributed by atoms with E-state index in [1.54, 1.807) is 21.6 Å². The van der Waals surface area contributed by atoms with Crippen molar-refractivity contribution in [1.29, 1.82) is 0 Å². The summed E-state index contributed by atoms with van der Waals surface area (Å²) in [5, 5.41) is 8.95. The van der Waals surface area contributed by atoms with Gasteiger partial charge in [-0.15, -0.1) is 10.2 Å². The third-order valence-electron chi connectivity index (χ3n) is 5.54. The van der Waals surface area contributed by atoms with Gasteiger partial charge >= 0.3 is 0 Å². The highest BCUT2D eigenvalue weighted by atomic mass is 32.2. The molecule has 1 atom stereocenters. The summed E-state index contributed by atoms with van der Waals surface area (Å²) in [7, 11) is -3.09. The SMILES string of the molecule is CCN(C(=O)CSc1nnc(COc2ccccc2F)n1-c1ccccc1)[C@@H]1CCS(=O)(=O)C1. The van der Waals surface area contributed by atoms with Crippen LogP contribution >= 0.6 is 11.8 Å². The Morgan fingerprint density at radius 3 is 2.59 bits per heavy atom. The number of hydrogen-bond donors (Lipinski definition) is 0. The van der Waals surface area contributed by atoms with Crippen molar-refractivity contribution in [3.8, 4) is 11.4 Å². The zero-order valence-corrected chi connectivity index (χ0v) is 20.3. The topological polar surface area (TPSA) is 94.4 Å². The summed E-state index contributed by atoms with van der Waals surface area (Å²) < 4.78 is 45.1. The van der Waals surface area contributed by atoms with Gasteiger partial charge in [-0.1, -0.05) is 42.1 Å². The summed E-state index contributed by atoms with van der Waals surface area (Å²) >= 11 is 1.22. The highest BCUT2D eigenvalue weighted by Gasteiger charge is 2.34. The van der Waals surface area contributed by atoms with Gasteiger partial charge in [-0.05, 0) is 37.6 Å². The average molecular weight is 505 g/mol. The predicted octanol–water partition coefficient (Wildman–Crippen LogP) is 3.11. The molecule has 0 saturated carbocycles. The number of carbonyl (C=O) groups is 1. The Labute approximate surface area is 202 Å². The summed E-state index contributed by atoms with van der Waals surface area (Å²) in [6.07, 6.45) is 0.463. The van der Waals surface area contributed by atoms with Crippen LogP contribution < -0.4 is 4.74 Å². The molecule has 0 bridgehead atoms. The smallest absolute Gasteiger partial charge is 0.233 e. The van der Waals surface area contributed by atoms with Gasteiger partial charge in [0.2, 0.25) is 5.91 Å². The summed E-state index contributed by atoms with van der Waals surface area (Å²) in [6.45, 7) is 2.27. The Balaban J connectivity index is 1.51. The average Bonchev–Trinajstić information content (AvgIpc) is 3.40. The number of para-hydroxylation sites is 2. The van der Waals surface area contributed by atoms with Crippen LogP contribution in [0.15, 0.2) is 59.8 Å². The second-order valence-corrected chi connectivity index (χ2v) is 11.0. The van der Waals surface area contributed by atoms with Crippen molar-refractivity contribution in [2.45, 2.75) is 31.1 Å². The van der Waals surface area contributed by atoms with E-state index >= 15 is 0 Å². The van der Waals surface area contributed by atoms with Gasteiger partial charge in [-0.3, -0.25) is 9.36 Å². The number of benzene rings is 2. The first kappa shape index (κ1) is 24.2. The van der Waals surface area contributed by atoms with Crippen molar-refractivity contribution in [3.63, 3.8) is 0 Å². The largest absolute Gasteiger partial charge is 0.483 e. The molecule has 180 valence electrons. The van der Waals surface area contributed by atoms with Gasteiger partial charge in [0, 0.05) is 18.3 Å². The molecule has 0 spiro atoms. The van der Waals surface area contributed by atoms with E-state index in [0.717, 1.165) is 5.69 Å². The van der Waals surface area contributed by atoms with Gasteiger partial charge in [0.25, 0.3) is 0 Å². The summed E-state index contributed by atoms with van der Waals surface area (Å²) in [5.74, 6) is 0.155. The van der Waals surface area contributed by atoms with Crippen LogP contribution in [0.1, 0.15) is 19.2 Å². The summed E-state index contributed by atoms with van der Waals surface area (Å²) in [6, 6.07) is 15.2. The molecule has 11 heteroatoms. The molecule has 1 aromatic heterocycles. The molecule has 2 aromatic carbocycles. The Morgan fingerprint density at radius 2 is 1.91 bits per heavy atom. The van der Waals surface area contributed by atoms with Gasteiger partial charge in [-0.25, -0.2) is 12.8 Å². The number of aromatic nitrogens is 3. The highest BCUT2D eigenvalue weighted by molar-refractivity contribution is 7.99. The first-order valence-electron chi connectivity index (χ1n) is 10.9. The number of halogens is 1. The van der Waals surface area contributed by atoms with Crippen LogP contribution in [0.2, 0.25) is 0 Å². The van der Waals surface area contributed by atoms with Crippen LogP contribution in [0.3, 0.4) is 0 Å². The molecule has 1 fully saturated rings. The Morgan fingerprint density at radius 1 is 1.18 bits per heavy atom. The summed E-state index contributed by atoms with van der Waals surface area (Å²) in [5.41, 5.74) is 0.781. The van der Waals surface area contributed by atoms with E-state index in [0.29, 0.717) is 23.9 Å². The van der Waals surface area contributed by atoms with Crippen molar-refractivity contribution in [2.75, 3.05) is 23.8 Å². The maximum atomic E-state index is 14.0. The highest BCUT2D eigenvalue weighted by Crippen LogP contribution is 2.25. The predicted molar refractivity (Wildman–Crippen MR) is 127 cm³/mol. The molecule has 3 aromatic rings. The van der Waals surface area contributed by atoms with E-state index < -0.39 is 15.7 Å². The Bertz CT molecular complexity index is 1250. The number of sulfone groups is 1. The van der Waals surface area contributed by atoms with Crippen LogP contribution in [-0.4, -0.2) is 63.8 Å². The van der Waals surface area contributed by atoms with Crippen LogP contribution in [0.4, 0.5) is 4.39 Å². The molecule has 4 rings (SSSR count). The lowest BCUT2D eigenvalue weighted by Crippen LogP contribution is -2.42. The summed E-state index contributed by atoms with van der Waals surface area (Å²) in [4.78, 5) is 14.6. The van der Waals surface area contributed by atoms with E-state index in [1.807, 2.05) is 37.3 Å². The molecule has 1 aliphatic heterocycles. The molecule has 0 N–H and O–H groups in total. The van der Waals surface area contributed by atoms with Crippen molar-refractivity contribution in [2.24, 2.45) is 0 Å². The normalized spacial score (nSPS) is 16.9. The molecular weight excluding hydrogens is 479 g/mol.